The van der Waals surface area contributed by atoms with E-state index in [9.17, 15) is 14.0 Å². The molecule has 5 heteroatoms. The fourth-order valence-electron chi connectivity index (χ4n) is 3.90. The minimum atomic E-state index is -0.515. The zero-order chi connectivity index (χ0) is 17.3. The average molecular weight is 332 g/mol. The van der Waals surface area contributed by atoms with Crippen LogP contribution in [0, 0.1) is 17.7 Å². The van der Waals surface area contributed by atoms with Crippen LogP contribution in [0.3, 0.4) is 0 Å². The van der Waals surface area contributed by atoms with Crippen LogP contribution in [-0.2, 0) is 9.59 Å². The van der Waals surface area contributed by atoms with Crippen LogP contribution in [0.2, 0.25) is 0 Å². The Morgan fingerprint density at radius 2 is 1.83 bits per heavy atom. The lowest BCUT2D eigenvalue weighted by Gasteiger charge is -2.41. The Morgan fingerprint density at radius 3 is 2.50 bits per heavy atom. The van der Waals surface area contributed by atoms with Crippen molar-refractivity contribution in [2.45, 2.75) is 38.6 Å². The zero-order valence-electron chi connectivity index (χ0n) is 14.4. The minimum absolute atomic E-state index is 0.0282. The van der Waals surface area contributed by atoms with E-state index in [4.69, 9.17) is 0 Å². The highest BCUT2D eigenvalue weighted by molar-refractivity contribution is 5.85. The van der Waals surface area contributed by atoms with Gasteiger partial charge in [0.15, 0.2) is 0 Å². The van der Waals surface area contributed by atoms with Gasteiger partial charge in [0.1, 0.15) is 5.82 Å². The lowest BCUT2D eigenvalue weighted by atomic mass is 9.83. The number of hydrogen-bond acceptors (Lipinski definition) is 2. The number of hydrogen-bond donors (Lipinski definition) is 0. The van der Waals surface area contributed by atoms with E-state index in [0.717, 1.165) is 25.9 Å². The summed E-state index contributed by atoms with van der Waals surface area (Å²) in [5, 5.41) is 0. The second-order valence-electron chi connectivity index (χ2n) is 7.12. The molecule has 0 bridgehead atoms. The van der Waals surface area contributed by atoms with Gasteiger partial charge in [-0.25, -0.2) is 4.39 Å². The van der Waals surface area contributed by atoms with Gasteiger partial charge in [-0.05, 0) is 31.2 Å². The molecule has 0 N–H and O–H groups in total. The lowest BCUT2D eigenvalue weighted by Crippen LogP contribution is -2.49. The highest BCUT2D eigenvalue weighted by Crippen LogP contribution is 2.38. The second-order valence-corrected chi connectivity index (χ2v) is 7.12. The Bertz CT molecular complexity index is 626. The maximum absolute atomic E-state index is 14.3. The van der Waals surface area contributed by atoms with E-state index in [-0.39, 0.29) is 23.5 Å². The number of carbonyl (C=O) groups excluding carboxylic acids is 2. The van der Waals surface area contributed by atoms with Gasteiger partial charge < -0.3 is 9.80 Å². The second kappa shape index (κ2) is 6.91. The van der Waals surface area contributed by atoms with Gasteiger partial charge in [0.25, 0.3) is 0 Å². The molecule has 0 aliphatic carbocycles. The Kier molecular flexibility index (Phi) is 4.88. The molecule has 2 saturated heterocycles. The van der Waals surface area contributed by atoms with Crippen LogP contribution in [0.15, 0.2) is 24.3 Å². The summed E-state index contributed by atoms with van der Waals surface area (Å²) < 4.78 is 14.3. The Morgan fingerprint density at radius 1 is 1.17 bits per heavy atom. The highest BCUT2D eigenvalue weighted by Gasteiger charge is 2.41. The predicted octanol–water partition coefficient (Wildman–Crippen LogP) is 2.99. The van der Waals surface area contributed by atoms with E-state index in [2.05, 4.69) is 6.92 Å². The predicted molar refractivity (Wildman–Crippen MR) is 89.6 cm³/mol. The van der Waals surface area contributed by atoms with Crippen LogP contribution in [0.25, 0.3) is 0 Å². The third-order valence-corrected chi connectivity index (χ3v) is 5.50. The first kappa shape index (κ1) is 16.9. The fourth-order valence-corrected chi connectivity index (χ4v) is 3.90. The van der Waals surface area contributed by atoms with Crippen molar-refractivity contribution < 1.29 is 14.0 Å². The third-order valence-electron chi connectivity index (χ3n) is 5.50. The first-order valence-corrected chi connectivity index (χ1v) is 8.78. The Balaban J connectivity index is 1.88. The van der Waals surface area contributed by atoms with Crippen molar-refractivity contribution in [2.24, 2.45) is 11.8 Å². The van der Waals surface area contributed by atoms with E-state index in [1.807, 2.05) is 4.90 Å². The molecule has 0 aromatic heterocycles. The van der Waals surface area contributed by atoms with Gasteiger partial charge in [0, 0.05) is 32.1 Å². The number of piperidine rings is 2. The monoisotopic (exact) mass is 332 g/mol. The number of benzene rings is 1. The summed E-state index contributed by atoms with van der Waals surface area (Å²) in [6.45, 7) is 3.73. The van der Waals surface area contributed by atoms with E-state index in [1.54, 1.807) is 30.1 Å². The molecule has 1 aromatic rings. The quantitative estimate of drug-likeness (QED) is 0.835. The van der Waals surface area contributed by atoms with Crippen LogP contribution in [0.5, 0.6) is 0 Å². The minimum Gasteiger partial charge on any atom is -0.342 e. The SMILES string of the molecule is CC1CCN(C(=O)C2CCC(=O)N(C)C2c2ccccc2F)CC1. The molecule has 3 rings (SSSR count). The van der Waals surface area contributed by atoms with Crippen LogP contribution < -0.4 is 0 Å². The molecule has 2 heterocycles. The standard InChI is InChI=1S/C19H25FN2O2/c1-13-9-11-22(12-10-13)19(24)15-7-8-17(23)21(2)18(15)14-5-3-4-6-16(14)20/h3-6,13,15,18H,7-12H2,1-2H3. The number of carbonyl (C=O) groups is 2. The largest absolute Gasteiger partial charge is 0.342 e. The molecule has 0 spiro atoms. The van der Waals surface area contributed by atoms with Crippen LogP contribution in [0.1, 0.15) is 44.2 Å². The van der Waals surface area contributed by atoms with Crippen molar-refractivity contribution in [1.82, 2.24) is 9.80 Å². The first-order valence-electron chi connectivity index (χ1n) is 8.78. The normalized spacial score (nSPS) is 25.9. The zero-order valence-corrected chi connectivity index (χ0v) is 14.4. The van der Waals surface area contributed by atoms with E-state index in [0.29, 0.717) is 24.3 Å². The number of nitrogens with zero attached hydrogens (tertiary/aromatic N) is 2. The van der Waals surface area contributed by atoms with Gasteiger partial charge in [0.05, 0.1) is 12.0 Å². The molecular weight excluding hydrogens is 307 g/mol. The summed E-state index contributed by atoms with van der Waals surface area (Å²) in [7, 11) is 1.68. The molecule has 24 heavy (non-hydrogen) atoms. The highest BCUT2D eigenvalue weighted by atomic mass is 19.1. The Labute approximate surface area is 142 Å². The molecule has 2 unspecified atom stereocenters. The van der Waals surface area contributed by atoms with Gasteiger partial charge in [-0.15, -0.1) is 0 Å². The third kappa shape index (κ3) is 3.17. The molecule has 0 saturated carbocycles. The molecule has 2 aliphatic heterocycles. The smallest absolute Gasteiger partial charge is 0.228 e. The molecule has 2 atom stereocenters. The molecular formula is C19H25FN2O2. The summed E-state index contributed by atoms with van der Waals surface area (Å²) in [5.74, 6) is -0.0341. The van der Waals surface area contributed by atoms with Crippen molar-refractivity contribution >= 4 is 11.8 Å². The molecule has 2 aliphatic rings. The van der Waals surface area contributed by atoms with Gasteiger partial charge in [0.2, 0.25) is 11.8 Å². The van der Waals surface area contributed by atoms with Crippen LogP contribution >= 0.6 is 0 Å². The van der Waals surface area contributed by atoms with E-state index >= 15 is 0 Å². The van der Waals surface area contributed by atoms with Crippen LogP contribution in [-0.4, -0.2) is 41.8 Å². The van der Waals surface area contributed by atoms with Gasteiger partial charge in [-0.2, -0.15) is 0 Å². The summed E-state index contributed by atoms with van der Waals surface area (Å²) in [5.41, 5.74) is 0.441. The number of likely N-dealkylation sites (tertiary alicyclic amines) is 2. The first-order chi connectivity index (χ1) is 11.5. The van der Waals surface area contributed by atoms with Crippen molar-refractivity contribution in [2.75, 3.05) is 20.1 Å². The molecule has 1 aromatic carbocycles. The number of amides is 2. The van der Waals surface area contributed by atoms with Crippen molar-refractivity contribution in [3.63, 3.8) is 0 Å². The summed E-state index contributed by atoms with van der Waals surface area (Å²) in [6, 6.07) is 5.96. The topological polar surface area (TPSA) is 40.6 Å². The fraction of sp³-hybridized carbons (Fsp3) is 0.579. The van der Waals surface area contributed by atoms with E-state index < -0.39 is 6.04 Å². The molecule has 0 radical (unpaired) electrons. The summed E-state index contributed by atoms with van der Waals surface area (Å²) in [6.07, 6.45) is 2.87. The van der Waals surface area contributed by atoms with Crippen molar-refractivity contribution in [3.05, 3.63) is 35.6 Å². The maximum Gasteiger partial charge on any atom is 0.228 e. The lowest BCUT2D eigenvalue weighted by molar-refractivity contribution is -0.147. The van der Waals surface area contributed by atoms with Crippen LogP contribution in [0.4, 0.5) is 4.39 Å². The molecule has 2 fully saturated rings. The number of halogens is 1. The summed E-state index contributed by atoms with van der Waals surface area (Å²) >= 11 is 0. The molecule has 2 amide bonds. The number of rotatable bonds is 2. The van der Waals surface area contributed by atoms with Gasteiger partial charge >= 0.3 is 0 Å². The van der Waals surface area contributed by atoms with Crippen molar-refractivity contribution in [3.8, 4) is 0 Å². The van der Waals surface area contributed by atoms with E-state index in [1.165, 1.54) is 6.07 Å². The van der Waals surface area contributed by atoms with Crippen molar-refractivity contribution in [1.29, 1.82) is 0 Å². The summed E-state index contributed by atoms with van der Waals surface area (Å²) in [4.78, 5) is 28.7. The molecule has 130 valence electrons. The van der Waals surface area contributed by atoms with Gasteiger partial charge in [-0.1, -0.05) is 25.1 Å². The Hall–Kier alpha value is -1.91. The average Bonchev–Trinajstić information content (AvgIpc) is 2.58. The molecule has 4 nitrogen and oxygen atoms in total. The van der Waals surface area contributed by atoms with Gasteiger partial charge in [-0.3, -0.25) is 9.59 Å². The maximum atomic E-state index is 14.3.